The number of ether oxygens (including phenoxy) is 1. The van der Waals surface area contributed by atoms with E-state index in [0.29, 0.717) is 16.5 Å². The molecule has 0 radical (unpaired) electrons. The molecule has 7 N–H and O–H groups in total. The Morgan fingerprint density at radius 1 is 1.05 bits per heavy atom. The first-order valence-electron chi connectivity index (χ1n) is 11.0. The topological polar surface area (TPSA) is 203 Å². The average molecular weight is 563 g/mol. The van der Waals surface area contributed by atoms with Crippen molar-refractivity contribution in [3.63, 3.8) is 0 Å². The number of sulfone groups is 1. The molecular formula is C25H27ClN4O7S. The number of methoxy groups -OCH3 is 1. The molecule has 11 nitrogen and oxygen atoms in total. The Bertz CT molecular complexity index is 1480. The van der Waals surface area contributed by atoms with Gasteiger partial charge in [-0.25, -0.2) is 13.2 Å². The van der Waals surface area contributed by atoms with Gasteiger partial charge in [-0.2, -0.15) is 0 Å². The molecule has 2 atom stereocenters. The number of amidine groups is 1. The lowest BCUT2D eigenvalue weighted by molar-refractivity contribution is -0.145. The van der Waals surface area contributed by atoms with Crippen molar-refractivity contribution in [2.45, 2.75) is 28.6 Å². The average Bonchev–Trinajstić information content (AvgIpc) is 2.87. The number of rotatable bonds is 10. The van der Waals surface area contributed by atoms with E-state index in [9.17, 15) is 27.9 Å². The largest absolute Gasteiger partial charge is 0.481 e. The van der Waals surface area contributed by atoms with Gasteiger partial charge in [0.1, 0.15) is 11.9 Å². The van der Waals surface area contributed by atoms with Gasteiger partial charge in [-0.3, -0.25) is 15.0 Å². The second kappa shape index (κ2) is 12.0. The van der Waals surface area contributed by atoms with Gasteiger partial charge in [0.2, 0.25) is 14.7 Å². The smallest absolute Gasteiger partial charge is 0.328 e. The Labute approximate surface area is 225 Å². The van der Waals surface area contributed by atoms with Crippen LogP contribution in [0.2, 0.25) is 0 Å². The Balaban J connectivity index is 0.00000507. The number of esters is 1. The minimum absolute atomic E-state index is 0. The number of halogens is 1. The molecule has 0 saturated carbocycles. The molecule has 0 aliphatic heterocycles. The molecule has 0 bridgehead atoms. The summed E-state index contributed by atoms with van der Waals surface area (Å²) in [4.78, 5) is 34.1. The Morgan fingerprint density at radius 2 is 1.66 bits per heavy atom. The molecule has 202 valence electrons. The number of carbonyl (C=O) groups excluding carboxylic acids is 2. The Hall–Kier alpha value is -4.00. The first kappa shape index (κ1) is 30.2. The number of amides is 1. The monoisotopic (exact) mass is 562 g/mol. The van der Waals surface area contributed by atoms with Gasteiger partial charge in [0, 0.05) is 12.0 Å². The number of benzene rings is 3. The number of fused-ring (bicyclic) bond motifs is 1. The fraction of sp³-hybridized carbons (Fsp3) is 0.200. The van der Waals surface area contributed by atoms with Gasteiger partial charge < -0.3 is 26.6 Å². The lowest BCUT2D eigenvalue weighted by atomic mass is 10.0. The molecule has 0 spiro atoms. The van der Waals surface area contributed by atoms with Gasteiger partial charge in [0.15, 0.2) is 0 Å². The van der Waals surface area contributed by atoms with Gasteiger partial charge in [0.25, 0.3) is 5.91 Å². The van der Waals surface area contributed by atoms with Crippen molar-refractivity contribution in [3.8, 4) is 0 Å². The second-order valence-corrected chi connectivity index (χ2v) is 10.5. The minimum Gasteiger partial charge on any atom is -0.481 e. The van der Waals surface area contributed by atoms with Crippen LogP contribution >= 0.6 is 12.4 Å². The molecular weight excluding hydrogens is 536 g/mol. The molecule has 0 aliphatic carbocycles. The number of carboxylic acids is 1. The molecule has 0 aromatic heterocycles. The summed E-state index contributed by atoms with van der Waals surface area (Å²) in [5.74, 6) is -4.06. The highest BCUT2D eigenvalue weighted by atomic mass is 35.5. The fourth-order valence-corrected chi connectivity index (χ4v) is 5.31. The van der Waals surface area contributed by atoms with Crippen molar-refractivity contribution < 1.29 is 32.6 Å². The number of nitrogens with two attached hydrogens (primary N) is 2. The number of nitrogens with one attached hydrogen (secondary N) is 2. The van der Waals surface area contributed by atoms with Crippen molar-refractivity contribution in [2.75, 3.05) is 7.11 Å². The summed E-state index contributed by atoms with van der Waals surface area (Å²) in [5, 5.41) is 20.4. The second-order valence-electron chi connectivity index (χ2n) is 8.34. The molecule has 0 fully saturated rings. The van der Waals surface area contributed by atoms with Crippen LogP contribution in [0.4, 0.5) is 0 Å². The number of aliphatic carboxylic acids is 1. The first-order valence-corrected chi connectivity index (χ1v) is 12.4. The van der Waals surface area contributed by atoms with Crippen LogP contribution in [0.3, 0.4) is 0 Å². The van der Waals surface area contributed by atoms with E-state index in [-0.39, 0.29) is 29.6 Å². The molecule has 0 heterocycles. The van der Waals surface area contributed by atoms with E-state index in [1.807, 2.05) is 0 Å². The third kappa shape index (κ3) is 6.28. The summed E-state index contributed by atoms with van der Waals surface area (Å²) in [6, 6.07) is 15.8. The molecule has 0 aliphatic rings. The molecule has 3 aromatic carbocycles. The van der Waals surface area contributed by atoms with E-state index in [1.54, 1.807) is 36.4 Å². The molecule has 38 heavy (non-hydrogen) atoms. The van der Waals surface area contributed by atoms with E-state index >= 15 is 0 Å². The van der Waals surface area contributed by atoms with Crippen LogP contribution in [0.15, 0.2) is 71.6 Å². The van der Waals surface area contributed by atoms with E-state index in [0.717, 1.165) is 12.5 Å². The highest BCUT2D eigenvalue weighted by molar-refractivity contribution is 7.93. The molecule has 3 rings (SSSR count). The summed E-state index contributed by atoms with van der Waals surface area (Å²) >= 11 is 0. The molecule has 13 heteroatoms. The van der Waals surface area contributed by atoms with Gasteiger partial charge in [0.05, 0.1) is 18.4 Å². The summed E-state index contributed by atoms with van der Waals surface area (Å²) in [6.07, 6.45) is -1.38. The molecule has 0 unspecified atom stereocenters. The maximum absolute atomic E-state index is 13.6. The van der Waals surface area contributed by atoms with Gasteiger partial charge in [-0.1, -0.05) is 54.6 Å². The summed E-state index contributed by atoms with van der Waals surface area (Å²) in [6.45, 7) is 0. The van der Waals surface area contributed by atoms with Crippen LogP contribution in [0.1, 0.15) is 17.5 Å². The normalized spacial score (nSPS) is 13.4. The fourth-order valence-electron chi connectivity index (χ4n) is 3.74. The third-order valence-corrected chi connectivity index (χ3v) is 7.97. The van der Waals surface area contributed by atoms with Crippen LogP contribution in [0.5, 0.6) is 0 Å². The zero-order chi connectivity index (χ0) is 27.4. The molecule has 3 aromatic rings. The maximum Gasteiger partial charge on any atom is 0.328 e. The van der Waals surface area contributed by atoms with Crippen LogP contribution in [-0.4, -0.2) is 55.2 Å². The highest BCUT2D eigenvalue weighted by Crippen LogP contribution is 2.28. The standard InChI is InChI=1S/C25H26N4O7S.ClH/c1-36-23(32)20(12-15-6-8-17(9-7-15)22(26)27)29-24(33)25(28,14-21(30)31)37(34,35)19-11-10-16-4-2-3-5-18(16)13-19;/h2-11,13,20H,12,14,28H2,1H3,(H3,26,27)(H,29,33)(H,30,31);1H/t20-,25+;/m0./s1. The van der Waals surface area contributed by atoms with E-state index < -0.39 is 45.0 Å². The van der Waals surface area contributed by atoms with E-state index in [1.165, 1.54) is 30.3 Å². The number of hydrogen-bond acceptors (Lipinski definition) is 8. The van der Waals surface area contributed by atoms with Crippen molar-refractivity contribution in [3.05, 3.63) is 77.9 Å². The molecule has 0 saturated heterocycles. The lowest BCUT2D eigenvalue weighted by Crippen LogP contribution is -2.63. The molecule has 1 amide bonds. The van der Waals surface area contributed by atoms with Crippen LogP contribution in [-0.2, 0) is 35.4 Å². The summed E-state index contributed by atoms with van der Waals surface area (Å²) in [7, 11) is -3.67. The third-order valence-electron chi connectivity index (χ3n) is 5.80. The predicted molar refractivity (Wildman–Crippen MR) is 143 cm³/mol. The number of carboxylic acid groups (broad SMARTS) is 1. The van der Waals surface area contributed by atoms with Crippen molar-refractivity contribution >= 4 is 56.7 Å². The number of carbonyl (C=O) groups is 3. The van der Waals surface area contributed by atoms with Gasteiger partial charge in [-0.15, -0.1) is 12.4 Å². The van der Waals surface area contributed by atoms with Crippen LogP contribution in [0.25, 0.3) is 10.8 Å². The van der Waals surface area contributed by atoms with E-state index in [4.69, 9.17) is 21.6 Å². The summed E-state index contributed by atoms with van der Waals surface area (Å²) in [5.41, 5.74) is 12.5. The predicted octanol–water partition coefficient (Wildman–Crippen LogP) is 1.35. The minimum atomic E-state index is -4.76. The van der Waals surface area contributed by atoms with Gasteiger partial charge >= 0.3 is 11.9 Å². The zero-order valence-corrected chi connectivity index (χ0v) is 21.8. The highest BCUT2D eigenvalue weighted by Gasteiger charge is 2.51. The van der Waals surface area contributed by atoms with Crippen molar-refractivity contribution in [2.24, 2.45) is 11.5 Å². The summed E-state index contributed by atoms with van der Waals surface area (Å²) < 4.78 is 31.9. The zero-order valence-electron chi connectivity index (χ0n) is 20.2. The van der Waals surface area contributed by atoms with Crippen molar-refractivity contribution in [1.82, 2.24) is 5.32 Å². The maximum atomic E-state index is 13.6. The van der Waals surface area contributed by atoms with Crippen LogP contribution < -0.4 is 16.8 Å². The number of hydrogen-bond donors (Lipinski definition) is 5. The van der Waals surface area contributed by atoms with E-state index in [2.05, 4.69) is 5.32 Å². The first-order chi connectivity index (χ1) is 17.4. The Morgan fingerprint density at radius 3 is 2.21 bits per heavy atom. The number of nitrogen functional groups attached to an aromatic ring is 1. The quantitative estimate of drug-likeness (QED) is 0.137. The SMILES string of the molecule is COC(=O)[C@H](Cc1ccc(C(=N)N)cc1)NC(=O)[C@@](N)(CC(=O)O)S(=O)(=O)c1ccc2ccccc2c1.Cl. The lowest BCUT2D eigenvalue weighted by Gasteiger charge is -2.28. The van der Waals surface area contributed by atoms with Crippen molar-refractivity contribution in [1.29, 1.82) is 5.41 Å². The Kier molecular flexibility index (Phi) is 9.57. The van der Waals surface area contributed by atoms with Crippen LogP contribution in [0, 0.1) is 5.41 Å². The van der Waals surface area contributed by atoms with Gasteiger partial charge in [-0.05, 0) is 28.5 Å².